The highest BCUT2D eigenvalue weighted by Crippen LogP contribution is 2.26. The van der Waals surface area contributed by atoms with Crippen molar-refractivity contribution in [3.05, 3.63) is 71.8 Å². The molecule has 0 spiro atoms. The highest BCUT2D eigenvalue weighted by Gasteiger charge is 2.16. The van der Waals surface area contributed by atoms with E-state index in [4.69, 9.17) is 4.74 Å². The van der Waals surface area contributed by atoms with E-state index in [1.807, 2.05) is 43.3 Å². The van der Waals surface area contributed by atoms with Crippen LogP contribution in [-0.4, -0.2) is 26.0 Å². The van der Waals surface area contributed by atoms with Gasteiger partial charge in [-0.25, -0.2) is 0 Å². The SMILES string of the molecule is CNC(=O)c1ccc(NC(=O)[C@H](C)c2ccc3cc(OC)ccc3c2)cc1. The first kappa shape index (κ1) is 18.5. The number of hydrogen-bond donors (Lipinski definition) is 2. The number of anilines is 1. The van der Waals surface area contributed by atoms with E-state index in [-0.39, 0.29) is 17.7 Å². The van der Waals surface area contributed by atoms with Gasteiger partial charge in [0.1, 0.15) is 5.75 Å². The molecule has 0 saturated carbocycles. The van der Waals surface area contributed by atoms with Gasteiger partial charge in [0.2, 0.25) is 5.91 Å². The third kappa shape index (κ3) is 4.08. The molecule has 0 aliphatic carbocycles. The minimum absolute atomic E-state index is 0.101. The molecule has 138 valence electrons. The zero-order valence-corrected chi connectivity index (χ0v) is 15.6. The number of hydrogen-bond acceptors (Lipinski definition) is 3. The molecule has 5 nitrogen and oxygen atoms in total. The van der Waals surface area contributed by atoms with Crippen molar-refractivity contribution >= 4 is 28.3 Å². The van der Waals surface area contributed by atoms with Crippen LogP contribution in [0.4, 0.5) is 5.69 Å². The van der Waals surface area contributed by atoms with Gasteiger partial charge in [-0.2, -0.15) is 0 Å². The second kappa shape index (κ2) is 7.91. The van der Waals surface area contributed by atoms with Gasteiger partial charge in [-0.3, -0.25) is 9.59 Å². The van der Waals surface area contributed by atoms with E-state index >= 15 is 0 Å². The van der Waals surface area contributed by atoms with Crippen molar-refractivity contribution in [1.82, 2.24) is 5.32 Å². The van der Waals surface area contributed by atoms with Gasteiger partial charge in [-0.1, -0.05) is 24.3 Å². The molecule has 0 aliphatic heterocycles. The first-order valence-electron chi connectivity index (χ1n) is 8.72. The Labute approximate surface area is 158 Å². The van der Waals surface area contributed by atoms with E-state index in [1.165, 1.54) is 0 Å². The van der Waals surface area contributed by atoms with Crippen LogP contribution >= 0.6 is 0 Å². The quantitative estimate of drug-likeness (QED) is 0.722. The smallest absolute Gasteiger partial charge is 0.251 e. The molecule has 0 saturated heterocycles. The molecule has 0 radical (unpaired) electrons. The topological polar surface area (TPSA) is 67.4 Å². The van der Waals surface area contributed by atoms with Gasteiger partial charge in [0.25, 0.3) is 5.91 Å². The summed E-state index contributed by atoms with van der Waals surface area (Å²) >= 11 is 0. The second-order valence-electron chi connectivity index (χ2n) is 6.34. The summed E-state index contributed by atoms with van der Waals surface area (Å²) in [6, 6.07) is 18.7. The number of methoxy groups -OCH3 is 1. The van der Waals surface area contributed by atoms with Crippen LogP contribution in [-0.2, 0) is 4.79 Å². The largest absolute Gasteiger partial charge is 0.497 e. The zero-order chi connectivity index (χ0) is 19.4. The molecule has 0 heterocycles. The molecule has 0 fully saturated rings. The molecule has 3 aromatic carbocycles. The lowest BCUT2D eigenvalue weighted by Gasteiger charge is -2.14. The molecular formula is C22H22N2O3. The van der Waals surface area contributed by atoms with Crippen molar-refractivity contribution in [3.63, 3.8) is 0 Å². The van der Waals surface area contributed by atoms with Crippen LogP contribution in [0.2, 0.25) is 0 Å². The Hall–Kier alpha value is -3.34. The number of carbonyl (C=O) groups is 2. The molecule has 2 amide bonds. The Morgan fingerprint density at radius 3 is 2.26 bits per heavy atom. The Balaban J connectivity index is 1.74. The van der Waals surface area contributed by atoms with Gasteiger partial charge in [0.05, 0.1) is 13.0 Å². The average molecular weight is 362 g/mol. The van der Waals surface area contributed by atoms with E-state index in [0.717, 1.165) is 22.1 Å². The fourth-order valence-corrected chi connectivity index (χ4v) is 2.89. The number of rotatable bonds is 5. The number of ether oxygens (including phenoxy) is 1. The van der Waals surface area contributed by atoms with Crippen molar-refractivity contribution in [2.45, 2.75) is 12.8 Å². The van der Waals surface area contributed by atoms with Crippen LogP contribution in [0.1, 0.15) is 28.8 Å². The minimum atomic E-state index is -0.310. The summed E-state index contributed by atoms with van der Waals surface area (Å²) in [7, 11) is 3.22. The van der Waals surface area contributed by atoms with Gasteiger partial charge in [-0.15, -0.1) is 0 Å². The van der Waals surface area contributed by atoms with Crippen LogP contribution < -0.4 is 15.4 Å². The molecule has 0 unspecified atom stereocenters. The first-order valence-corrected chi connectivity index (χ1v) is 8.72. The van der Waals surface area contributed by atoms with Crippen LogP contribution in [0.3, 0.4) is 0 Å². The van der Waals surface area contributed by atoms with E-state index in [1.54, 1.807) is 38.4 Å². The number of benzene rings is 3. The normalized spacial score (nSPS) is 11.7. The Morgan fingerprint density at radius 2 is 1.59 bits per heavy atom. The van der Waals surface area contributed by atoms with Gasteiger partial charge in [0.15, 0.2) is 0 Å². The van der Waals surface area contributed by atoms with Gasteiger partial charge in [-0.05, 0) is 59.7 Å². The van der Waals surface area contributed by atoms with Gasteiger partial charge in [0, 0.05) is 18.3 Å². The standard InChI is InChI=1S/C22H22N2O3/c1-14(16-4-5-18-13-20(27-3)11-8-17(18)12-16)21(25)24-19-9-6-15(7-10-19)22(26)23-2/h4-14H,1-3H3,(H,23,26)(H,24,25)/t14-/m1/s1. The summed E-state index contributed by atoms with van der Waals surface area (Å²) in [6.45, 7) is 1.87. The minimum Gasteiger partial charge on any atom is -0.497 e. The Morgan fingerprint density at radius 1 is 0.926 bits per heavy atom. The van der Waals surface area contributed by atoms with Crippen molar-refractivity contribution in [1.29, 1.82) is 0 Å². The average Bonchev–Trinajstić information content (AvgIpc) is 2.72. The molecule has 0 aromatic heterocycles. The number of nitrogens with one attached hydrogen (secondary N) is 2. The molecule has 1 atom stereocenters. The van der Waals surface area contributed by atoms with Crippen molar-refractivity contribution in [2.75, 3.05) is 19.5 Å². The van der Waals surface area contributed by atoms with Crippen molar-refractivity contribution < 1.29 is 14.3 Å². The number of carbonyl (C=O) groups excluding carboxylic acids is 2. The van der Waals surface area contributed by atoms with Crippen LogP contribution in [0, 0.1) is 0 Å². The maximum absolute atomic E-state index is 12.6. The Bertz CT molecular complexity index is 981. The highest BCUT2D eigenvalue weighted by atomic mass is 16.5. The Kier molecular flexibility index (Phi) is 5.41. The van der Waals surface area contributed by atoms with E-state index in [0.29, 0.717) is 11.3 Å². The lowest BCUT2D eigenvalue weighted by molar-refractivity contribution is -0.117. The summed E-state index contributed by atoms with van der Waals surface area (Å²) in [5, 5.41) is 7.59. The summed E-state index contributed by atoms with van der Waals surface area (Å²) in [5.74, 6) is 0.237. The fourth-order valence-electron chi connectivity index (χ4n) is 2.89. The summed E-state index contributed by atoms with van der Waals surface area (Å²) < 4.78 is 5.25. The molecule has 0 aliphatic rings. The van der Waals surface area contributed by atoms with Crippen LogP contribution in [0.15, 0.2) is 60.7 Å². The second-order valence-corrected chi connectivity index (χ2v) is 6.34. The van der Waals surface area contributed by atoms with E-state index < -0.39 is 0 Å². The third-order valence-corrected chi connectivity index (χ3v) is 4.61. The third-order valence-electron chi connectivity index (χ3n) is 4.61. The molecule has 0 bridgehead atoms. The van der Waals surface area contributed by atoms with E-state index in [9.17, 15) is 9.59 Å². The first-order chi connectivity index (χ1) is 13.0. The summed E-state index contributed by atoms with van der Waals surface area (Å²) in [5.41, 5.74) is 2.14. The predicted molar refractivity (Wildman–Crippen MR) is 107 cm³/mol. The molecule has 5 heteroatoms. The summed E-state index contributed by atoms with van der Waals surface area (Å²) in [4.78, 5) is 24.2. The van der Waals surface area contributed by atoms with Crippen molar-refractivity contribution in [2.24, 2.45) is 0 Å². The van der Waals surface area contributed by atoms with Crippen LogP contribution in [0.5, 0.6) is 5.75 Å². The molecule has 2 N–H and O–H groups in total. The maximum atomic E-state index is 12.6. The van der Waals surface area contributed by atoms with E-state index in [2.05, 4.69) is 10.6 Å². The molecule has 3 rings (SSSR count). The highest BCUT2D eigenvalue weighted by molar-refractivity contribution is 5.98. The molecular weight excluding hydrogens is 340 g/mol. The van der Waals surface area contributed by atoms with Crippen LogP contribution in [0.25, 0.3) is 10.8 Å². The number of amides is 2. The lowest BCUT2D eigenvalue weighted by Crippen LogP contribution is -2.19. The van der Waals surface area contributed by atoms with Gasteiger partial charge < -0.3 is 15.4 Å². The van der Waals surface area contributed by atoms with Crippen molar-refractivity contribution in [3.8, 4) is 5.75 Å². The molecule has 27 heavy (non-hydrogen) atoms. The zero-order valence-electron chi connectivity index (χ0n) is 15.6. The maximum Gasteiger partial charge on any atom is 0.251 e. The molecule has 3 aromatic rings. The lowest BCUT2D eigenvalue weighted by atomic mass is 9.97. The van der Waals surface area contributed by atoms with Gasteiger partial charge >= 0.3 is 0 Å². The summed E-state index contributed by atoms with van der Waals surface area (Å²) in [6.07, 6.45) is 0. The number of fused-ring (bicyclic) bond motifs is 1. The monoisotopic (exact) mass is 362 g/mol. The predicted octanol–water partition coefficient (Wildman–Crippen LogP) is 3.95. The fraction of sp³-hybridized carbons (Fsp3) is 0.182.